The van der Waals surface area contributed by atoms with Gasteiger partial charge < -0.3 is 10.4 Å². The standard InChI is InChI=1S/C16H18N2O4S/c1-3-4-12-14(15(20)21)23-16(22)18(12)9-13(19)17-11-7-5-10(2)6-8-11/h5-8H,3-4,9H2,1-2H3,(H,17,19)(H,20,21). The Bertz CT molecular complexity index is 774. The van der Waals surface area contributed by atoms with Gasteiger partial charge in [-0.1, -0.05) is 42.4 Å². The van der Waals surface area contributed by atoms with Crippen LogP contribution in [0, 0.1) is 6.92 Å². The summed E-state index contributed by atoms with van der Waals surface area (Å²) in [5, 5.41) is 11.9. The second-order valence-electron chi connectivity index (χ2n) is 5.20. The number of carbonyl (C=O) groups excluding carboxylic acids is 1. The number of aromatic nitrogens is 1. The van der Waals surface area contributed by atoms with Crippen LogP contribution in [-0.2, 0) is 17.8 Å². The number of aryl methyl sites for hydroxylation is 1. The summed E-state index contributed by atoms with van der Waals surface area (Å²) in [6, 6.07) is 7.30. The summed E-state index contributed by atoms with van der Waals surface area (Å²) in [5.74, 6) is -1.49. The highest BCUT2D eigenvalue weighted by molar-refractivity contribution is 7.11. The molecule has 7 heteroatoms. The molecule has 1 heterocycles. The van der Waals surface area contributed by atoms with Crippen molar-refractivity contribution in [1.82, 2.24) is 4.57 Å². The highest BCUT2D eigenvalue weighted by atomic mass is 32.1. The van der Waals surface area contributed by atoms with Crippen molar-refractivity contribution in [3.8, 4) is 0 Å². The largest absolute Gasteiger partial charge is 0.477 e. The van der Waals surface area contributed by atoms with Gasteiger partial charge in [-0.2, -0.15) is 0 Å². The molecule has 0 saturated heterocycles. The van der Waals surface area contributed by atoms with E-state index in [1.165, 1.54) is 4.57 Å². The van der Waals surface area contributed by atoms with Crippen molar-refractivity contribution in [1.29, 1.82) is 0 Å². The fourth-order valence-corrected chi connectivity index (χ4v) is 3.10. The minimum absolute atomic E-state index is 0.0139. The minimum atomic E-state index is -1.13. The zero-order chi connectivity index (χ0) is 17.0. The number of carbonyl (C=O) groups is 2. The smallest absolute Gasteiger partial charge is 0.347 e. The lowest BCUT2D eigenvalue weighted by Gasteiger charge is -2.09. The SMILES string of the molecule is CCCc1c(C(=O)O)sc(=O)n1CC(=O)Nc1ccc(C)cc1. The maximum atomic E-state index is 12.1. The summed E-state index contributed by atoms with van der Waals surface area (Å²) in [4.78, 5) is 35.0. The van der Waals surface area contributed by atoms with Crippen molar-refractivity contribution < 1.29 is 14.7 Å². The monoisotopic (exact) mass is 334 g/mol. The van der Waals surface area contributed by atoms with E-state index in [4.69, 9.17) is 0 Å². The lowest BCUT2D eigenvalue weighted by molar-refractivity contribution is -0.116. The van der Waals surface area contributed by atoms with E-state index >= 15 is 0 Å². The van der Waals surface area contributed by atoms with E-state index in [0.717, 1.165) is 5.56 Å². The Balaban J connectivity index is 2.21. The first-order valence-electron chi connectivity index (χ1n) is 7.24. The molecule has 0 aliphatic rings. The molecule has 0 atom stereocenters. The van der Waals surface area contributed by atoms with Crippen LogP contribution in [0.15, 0.2) is 29.1 Å². The molecule has 0 spiro atoms. The maximum Gasteiger partial charge on any atom is 0.347 e. The van der Waals surface area contributed by atoms with E-state index in [0.29, 0.717) is 35.6 Å². The molecule has 2 rings (SSSR count). The third kappa shape index (κ3) is 4.07. The number of nitrogens with one attached hydrogen (secondary N) is 1. The van der Waals surface area contributed by atoms with Gasteiger partial charge in [0.05, 0.1) is 0 Å². The van der Waals surface area contributed by atoms with Crippen LogP contribution in [0.25, 0.3) is 0 Å². The Kier molecular flexibility index (Phi) is 5.33. The lowest BCUT2D eigenvalue weighted by Crippen LogP contribution is -2.26. The van der Waals surface area contributed by atoms with E-state index in [2.05, 4.69) is 5.32 Å². The molecule has 23 heavy (non-hydrogen) atoms. The highest BCUT2D eigenvalue weighted by Gasteiger charge is 2.20. The van der Waals surface area contributed by atoms with Gasteiger partial charge >= 0.3 is 10.8 Å². The number of hydrogen-bond donors (Lipinski definition) is 2. The van der Waals surface area contributed by atoms with Crippen LogP contribution in [0.4, 0.5) is 5.69 Å². The first-order chi connectivity index (χ1) is 10.9. The van der Waals surface area contributed by atoms with Crippen LogP contribution in [0.3, 0.4) is 0 Å². The van der Waals surface area contributed by atoms with Crippen molar-refractivity contribution in [2.75, 3.05) is 5.32 Å². The van der Waals surface area contributed by atoms with E-state index in [-0.39, 0.29) is 17.3 Å². The molecule has 0 radical (unpaired) electrons. The van der Waals surface area contributed by atoms with Crippen LogP contribution in [0.5, 0.6) is 0 Å². The van der Waals surface area contributed by atoms with Gasteiger partial charge in [-0.15, -0.1) is 0 Å². The molecule has 0 aliphatic carbocycles. The summed E-state index contributed by atoms with van der Waals surface area (Å²) in [7, 11) is 0. The summed E-state index contributed by atoms with van der Waals surface area (Å²) >= 11 is 0.667. The topological polar surface area (TPSA) is 88.4 Å². The van der Waals surface area contributed by atoms with Crippen LogP contribution in [0.2, 0.25) is 0 Å². The third-order valence-electron chi connectivity index (χ3n) is 3.32. The molecule has 0 fully saturated rings. The van der Waals surface area contributed by atoms with Gasteiger partial charge in [0, 0.05) is 11.4 Å². The Labute approximate surface area is 137 Å². The molecule has 1 aromatic carbocycles. The van der Waals surface area contributed by atoms with E-state index in [1.807, 2.05) is 26.0 Å². The molecular formula is C16H18N2O4S. The average molecular weight is 334 g/mol. The van der Waals surface area contributed by atoms with Gasteiger partial charge in [0.1, 0.15) is 11.4 Å². The molecule has 0 bridgehead atoms. The number of benzene rings is 1. The second kappa shape index (κ2) is 7.23. The molecule has 1 aromatic heterocycles. The fourth-order valence-electron chi connectivity index (χ4n) is 2.23. The first-order valence-corrected chi connectivity index (χ1v) is 8.06. The van der Waals surface area contributed by atoms with Crippen LogP contribution < -0.4 is 10.2 Å². The van der Waals surface area contributed by atoms with E-state index in [9.17, 15) is 19.5 Å². The zero-order valence-corrected chi connectivity index (χ0v) is 13.8. The zero-order valence-electron chi connectivity index (χ0n) is 13.0. The highest BCUT2D eigenvalue weighted by Crippen LogP contribution is 2.15. The van der Waals surface area contributed by atoms with Crippen molar-refractivity contribution >= 4 is 28.9 Å². The third-order valence-corrected chi connectivity index (χ3v) is 4.33. The first kappa shape index (κ1) is 17.0. The molecule has 2 N–H and O–H groups in total. The van der Waals surface area contributed by atoms with Crippen molar-refractivity contribution in [3.63, 3.8) is 0 Å². The number of hydrogen-bond acceptors (Lipinski definition) is 4. The average Bonchev–Trinajstić information content (AvgIpc) is 2.79. The van der Waals surface area contributed by atoms with Gasteiger partial charge in [-0.05, 0) is 25.5 Å². The summed E-state index contributed by atoms with van der Waals surface area (Å²) < 4.78 is 1.25. The van der Waals surface area contributed by atoms with Crippen LogP contribution >= 0.6 is 11.3 Å². The molecule has 0 unspecified atom stereocenters. The quantitative estimate of drug-likeness (QED) is 0.849. The normalized spacial score (nSPS) is 10.5. The number of carboxylic acid groups (broad SMARTS) is 1. The van der Waals surface area contributed by atoms with Gasteiger partial charge in [0.2, 0.25) is 5.91 Å². The Hall–Kier alpha value is -2.41. The van der Waals surface area contributed by atoms with Crippen LogP contribution in [-0.4, -0.2) is 21.6 Å². The predicted molar refractivity (Wildman–Crippen MR) is 89.3 cm³/mol. The number of rotatable bonds is 6. The fraction of sp³-hybridized carbons (Fsp3) is 0.312. The lowest BCUT2D eigenvalue weighted by atomic mass is 10.2. The molecule has 2 aromatic rings. The van der Waals surface area contributed by atoms with Crippen LogP contribution in [0.1, 0.15) is 34.3 Å². The molecule has 1 amide bonds. The number of aromatic carboxylic acids is 1. The Morgan fingerprint density at radius 3 is 2.48 bits per heavy atom. The van der Waals surface area contributed by atoms with Gasteiger partial charge in [0.25, 0.3) is 0 Å². The van der Waals surface area contributed by atoms with Gasteiger partial charge in [-0.3, -0.25) is 14.2 Å². The van der Waals surface area contributed by atoms with E-state index in [1.54, 1.807) is 12.1 Å². The van der Waals surface area contributed by atoms with Crippen molar-refractivity contribution in [2.24, 2.45) is 0 Å². The predicted octanol–water partition coefficient (Wildman–Crippen LogP) is 2.51. The van der Waals surface area contributed by atoms with Crippen molar-refractivity contribution in [3.05, 3.63) is 50.1 Å². The number of amides is 1. The molecule has 0 aliphatic heterocycles. The summed E-state index contributed by atoms with van der Waals surface area (Å²) in [6.45, 7) is 3.65. The Morgan fingerprint density at radius 2 is 1.91 bits per heavy atom. The summed E-state index contributed by atoms with van der Waals surface area (Å²) in [5.41, 5.74) is 2.13. The number of thiazole rings is 1. The number of anilines is 1. The van der Waals surface area contributed by atoms with E-state index < -0.39 is 10.8 Å². The van der Waals surface area contributed by atoms with Crippen molar-refractivity contribution in [2.45, 2.75) is 33.2 Å². The molecular weight excluding hydrogens is 316 g/mol. The minimum Gasteiger partial charge on any atom is -0.477 e. The molecule has 122 valence electrons. The van der Waals surface area contributed by atoms with Gasteiger partial charge in [-0.25, -0.2) is 4.79 Å². The summed E-state index contributed by atoms with van der Waals surface area (Å²) in [6.07, 6.45) is 1.13. The maximum absolute atomic E-state index is 12.1. The van der Waals surface area contributed by atoms with Gasteiger partial charge in [0.15, 0.2) is 0 Å². The second-order valence-corrected chi connectivity index (χ2v) is 6.16. The molecule has 6 nitrogen and oxygen atoms in total. The molecule has 0 saturated carbocycles. The Morgan fingerprint density at radius 1 is 1.26 bits per heavy atom. The number of carboxylic acids is 1. The number of nitrogens with zero attached hydrogens (tertiary/aromatic N) is 1.